The summed E-state index contributed by atoms with van der Waals surface area (Å²) in [6, 6.07) is 9.41. The molecule has 0 saturated heterocycles. The Kier molecular flexibility index (Phi) is 7.99. The number of hydrogen-bond donors (Lipinski definition) is 1. The number of esters is 1. The zero-order valence-corrected chi connectivity index (χ0v) is 28.4. The topological polar surface area (TPSA) is 38.3 Å². The van der Waals surface area contributed by atoms with Crippen molar-refractivity contribution in [2.45, 2.75) is 124 Å². The second-order valence-electron chi connectivity index (χ2n) is 16.9. The molecule has 0 bridgehead atoms. The van der Waals surface area contributed by atoms with E-state index in [-0.39, 0.29) is 5.97 Å². The number of fused-ring (bicyclic) bond motifs is 7. The molecule has 6 aliphatic rings. The van der Waals surface area contributed by atoms with E-state index < -0.39 is 0 Å². The number of allylic oxidation sites excluding steroid dienone is 4. The summed E-state index contributed by atoms with van der Waals surface area (Å²) in [7, 11) is 0. The van der Waals surface area contributed by atoms with E-state index >= 15 is 0 Å². The Labute approximate surface area is 268 Å². The zero-order chi connectivity index (χ0) is 30.7. The highest BCUT2D eigenvalue weighted by atomic mass is 16.5. The van der Waals surface area contributed by atoms with E-state index in [2.05, 4.69) is 52.1 Å². The molecule has 0 spiro atoms. The van der Waals surface area contributed by atoms with Crippen LogP contribution >= 0.6 is 0 Å². The summed E-state index contributed by atoms with van der Waals surface area (Å²) in [6.45, 7) is 14.8. The van der Waals surface area contributed by atoms with Crippen LogP contribution < -0.4 is 5.32 Å². The SMILES string of the molecule is CCN[C@]12CCC[C@@H]1[C@H]1CCC3[C@@]4(C)CC=C(C5=CC[C@H](COC(=O)c6ccccc6)CC5)C(C)C4CC[C@@]3(C)[C@]1(C)CC2. The highest BCUT2D eigenvalue weighted by molar-refractivity contribution is 5.89. The molecule has 1 aromatic rings. The van der Waals surface area contributed by atoms with Crippen molar-refractivity contribution in [2.75, 3.05) is 13.2 Å². The molecular formula is C41H59NO2. The molecule has 0 aromatic heterocycles. The number of nitrogens with one attached hydrogen (secondary N) is 1. The van der Waals surface area contributed by atoms with Gasteiger partial charge in [-0.15, -0.1) is 0 Å². The minimum atomic E-state index is -0.191. The van der Waals surface area contributed by atoms with Gasteiger partial charge in [-0.25, -0.2) is 4.79 Å². The number of carbonyl (C=O) groups is 1. The van der Waals surface area contributed by atoms with Crippen molar-refractivity contribution in [2.24, 2.45) is 51.8 Å². The fourth-order valence-electron chi connectivity index (χ4n) is 13.0. The van der Waals surface area contributed by atoms with Crippen LogP contribution in [0.1, 0.15) is 128 Å². The van der Waals surface area contributed by atoms with Crippen molar-refractivity contribution in [3.05, 3.63) is 59.2 Å². The molecule has 0 radical (unpaired) electrons. The lowest BCUT2D eigenvalue weighted by Crippen LogP contribution is -2.66. The quantitative estimate of drug-likeness (QED) is 0.332. The second-order valence-corrected chi connectivity index (χ2v) is 16.9. The molecule has 1 N–H and O–H groups in total. The fourth-order valence-corrected chi connectivity index (χ4v) is 13.0. The van der Waals surface area contributed by atoms with Crippen LogP contribution in [0, 0.1) is 51.8 Å². The summed E-state index contributed by atoms with van der Waals surface area (Å²) in [6.07, 6.45) is 22.6. The zero-order valence-electron chi connectivity index (χ0n) is 28.4. The summed E-state index contributed by atoms with van der Waals surface area (Å²) in [5.74, 6) is 4.32. The van der Waals surface area contributed by atoms with Crippen LogP contribution in [0.25, 0.3) is 0 Å². The largest absolute Gasteiger partial charge is 0.462 e. The summed E-state index contributed by atoms with van der Waals surface area (Å²) in [4.78, 5) is 12.5. The molecule has 0 heterocycles. The van der Waals surface area contributed by atoms with Gasteiger partial charge in [0, 0.05) is 5.54 Å². The first-order chi connectivity index (χ1) is 21.2. The summed E-state index contributed by atoms with van der Waals surface area (Å²) >= 11 is 0. The molecule has 0 amide bonds. The number of hydrogen-bond acceptors (Lipinski definition) is 3. The first-order valence-electron chi connectivity index (χ1n) is 18.5. The van der Waals surface area contributed by atoms with E-state index in [1.165, 1.54) is 64.2 Å². The molecule has 4 saturated carbocycles. The normalized spacial score (nSPS) is 44.8. The standard InChI is InChI=1S/C41H59NO2/c1-6-42-41-22-10-13-35(41)34-18-19-36-38(3)23-20-32(28(2)33(38)21-24-40(36,5)39(34,4)25-26-41)30-16-14-29(15-17-30)27-44-37(43)31-11-8-7-9-12-31/h7-9,11-12,16,20,28-29,33-36,42H,6,10,13-15,17-19,21-27H2,1-5H3/t28?,29-,33?,34+,35+,36?,38-,39+,40+,41-/m0/s1. The maximum Gasteiger partial charge on any atom is 0.338 e. The van der Waals surface area contributed by atoms with Gasteiger partial charge in [-0.2, -0.15) is 0 Å². The van der Waals surface area contributed by atoms with E-state index in [0.29, 0.717) is 45.8 Å². The predicted molar refractivity (Wildman–Crippen MR) is 180 cm³/mol. The van der Waals surface area contributed by atoms with Gasteiger partial charge < -0.3 is 10.1 Å². The van der Waals surface area contributed by atoms with Gasteiger partial charge in [0.2, 0.25) is 0 Å². The predicted octanol–water partition coefficient (Wildman–Crippen LogP) is 9.93. The molecule has 1 aromatic carbocycles. The van der Waals surface area contributed by atoms with Crippen molar-refractivity contribution in [3.8, 4) is 0 Å². The maximum atomic E-state index is 12.5. The highest BCUT2D eigenvalue weighted by Crippen LogP contribution is 2.75. The van der Waals surface area contributed by atoms with Crippen molar-refractivity contribution in [1.82, 2.24) is 5.32 Å². The van der Waals surface area contributed by atoms with Crippen LogP contribution in [0.5, 0.6) is 0 Å². The lowest BCUT2D eigenvalue weighted by molar-refractivity contribution is -0.212. The van der Waals surface area contributed by atoms with Gasteiger partial charge in [0.05, 0.1) is 12.2 Å². The van der Waals surface area contributed by atoms with Crippen LogP contribution in [-0.2, 0) is 4.74 Å². The molecule has 4 fully saturated rings. The van der Waals surface area contributed by atoms with E-state index in [4.69, 9.17) is 4.74 Å². The molecule has 240 valence electrons. The first kappa shape index (κ1) is 30.8. The van der Waals surface area contributed by atoms with Gasteiger partial charge >= 0.3 is 5.97 Å². The maximum absolute atomic E-state index is 12.5. The summed E-state index contributed by atoms with van der Waals surface area (Å²) < 4.78 is 5.71. The first-order valence-corrected chi connectivity index (χ1v) is 18.5. The minimum Gasteiger partial charge on any atom is -0.462 e. The fraction of sp³-hybridized carbons (Fsp3) is 0.732. The summed E-state index contributed by atoms with van der Waals surface area (Å²) in [5, 5.41) is 4.08. The number of carbonyl (C=O) groups excluding carboxylic acids is 1. The molecule has 44 heavy (non-hydrogen) atoms. The lowest BCUT2D eigenvalue weighted by atomic mass is 9.34. The van der Waals surface area contributed by atoms with Crippen LogP contribution in [0.15, 0.2) is 53.6 Å². The van der Waals surface area contributed by atoms with E-state index in [0.717, 1.165) is 49.5 Å². The van der Waals surface area contributed by atoms with Gasteiger partial charge in [0.1, 0.15) is 0 Å². The number of ether oxygens (including phenoxy) is 1. The van der Waals surface area contributed by atoms with Gasteiger partial charge in [-0.1, -0.05) is 71.4 Å². The monoisotopic (exact) mass is 597 g/mol. The van der Waals surface area contributed by atoms with Crippen LogP contribution in [0.4, 0.5) is 0 Å². The Balaban J connectivity index is 1.05. The van der Waals surface area contributed by atoms with Crippen molar-refractivity contribution in [1.29, 1.82) is 0 Å². The Morgan fingerprint density at radius 3 is 2.45 bits per heavy atom. The second kappa shape index (κ2) is 11.4. The van der Waals surface area contributed by atoms with Crippen molar-refractivity contribution < 1.29 is 9.53 Å². The third kappa shape index (κ3) is 4.64. The number of benzene rings is 1. The summed E-state index contributed by atoms with van der Waals surface area (Å²) in [5.41, 5.74) is 5.71. The Bertz CT molecular complexity index is 1300. The van der Waals surface area contributed by atoms with E-state index in [1.54, 1.807) is 11.1 Å². The highest BCUT2D eigenvalue weighted by Gasteiger charge is 2.68. The minimum absolute atomic E-state index is 0.191. The van der Waals surface area contributed by atoms with Crippen molar-refractivity contribution >= 4 is 5.97 Å². The molecule has 3 unspecified atom stereocenters. The molecular weight excluding hydrogens is 538 g/mol. The Hall–Kier alpha value is -1.87. The molecule has 6 aliphatic carbocycles. The van der Waals surface area contributed by atoms with Crippen LogP contribution in [-0.4, -0.2) is 24.7 Å². The van der Waals surface area contributed by atoms with Gasteiger partial charge in [-0.3, -0.25) is 0 Å². The molecule has 10 atom stereocenters. The third-order valence-electron chi connectivity index (χ3n) is 15.4. The lowest BCUT2D eigenvalue weighted by Gasteiger charge is -2.71. The third-order valence-corrected chi connectivity index (χ3v) is 15.4. The van der Waals surface area contributed by atoms with E-state index in [9.17, 15) is 4.79 Å². The molecule has 0 aliphatic heterocycles. The van der Waals surface area contributed by atoms with Gasteiger partial charge in [0.25, 0.3) is 0 Å². The Morgan fingerprint density at radius 2 is 1.70 bits per heavy atom. The average Bonchev–Trinajstić information content (AvgIpc) is 3.45. The van der Waals surface area contributed by atoms with Crippen LogP contribution in [0.2, 0.25) is 0 Å². The molecule has 7 rings (SSSR count). The van der Waals surface area contributed by atoms with E-state index in [1.807, 2.05) is 30.3 Å². The van der Waals surface area contributed by atoms with Crippen molar-refractivity contribution in [3.63, 3.8) is 0 Å². The van der Waals surface area contributed by atoms with Crippen LogP contribution in [0.3, 0.4) is 0 Å². The smallest absolute Gasteiger partial charge is 0.338 e. The van der Waals surface area contributed by atoms with Gasteiger partial charge in [-0.05, 0) is 159 Å². The average molecular weight is 598 g/mol. The Morgan fingerprint density at radius 1 is 0.886 bits per heavy atom. The molecule has 3 nitrogen and oxygen atoms in total. The van der Waals surface area contributed by atoms with Gasteiger partial charge in [0.15, 0.2) is 0 Å². The number of rotatable bonds is 6. The molecule has 3 heteroatoms.